The van der Waals surface area contributed by atoms with Crippen molar-refractivity contribution in [2.75, 3.05) is 38.1 Å². The number of likely N-dealkylation sites (N-methyl/N-ethyl adjacent to an activating group) is 1. The standard InChI is InChI=1S/C26H29N3O2/c1-28-15-17-29(18-16-28)26-14-13-22(20-27-26)25(30)12-6-8-21-7-5-11-24(19-21)31-23-9-3-2-4-10-23/h2-5,7,9-11,13-14,19-20H,6,8,12,15-18H2,1H3. The number of hydrogen-bond acceptors (Lipinski definition) is 5. The molecule has 0 radical (unpaired) electrons. The Morgan fingerprint density at radius 3 is 2.45 bits per heavy atom. The van der Waals surface area contributed by atoms with Crippen molar-refractivity contribution < 1.29 is 9.53 Å². The van der Waals surface area contributed by atoms with Gasteiger partial charge in [-0.1, -0.05) is 30.3 Å². The molecule has 0 bridgehead atoms. The van der Waals surface area contributed by atoms with E-state index in [-0.39, 0.29) is 5.78 Å². The highest BCUT2D eigenvalue weighted by Gasteiger charge is 2.15. The Kier molecular flexibility index (Phi) is 6.95. The average Bonchev–Trinajstić information content (AvgIpc) is 2.81. The third-order valence-electron chi connectivity index (χ3n) is 5.64. The number of hydrogen-bond donors (Lipinski definition) is 0. The minimum absolute atomic E-state index is 0.147. The van der Waals surface area contributed by atoms with Crippen LogP contribution in [0.5, 0.6) is 11.5 Å². The number of carbonyl (C=O) groups excluding carboxylic acids is 1. The van der Waals surface area contributed by atoms with Gasteiger partial charge in [0.1, 0.15) is 17.3 Å². The second-order valence-electron chi connectivity index (χ2n) is 8.03. The fourth-order valence-electron chi connectivity index (χ4n) is 3.76. The third-order valence-corrected chi connectivity index (χ3v) is 5.64. The highest BCUT2D eigenvalue weighted by atomic mass is 16.5. The molecule has 0 atom stereocenters. The molecular formula is C26H29N3O2. The number of aryl methyl sites for hydroxylation is 1. The van der Waals surface area contributed by atoms with Crippen molar-refractivity contribution in [3.63, 3.8) is 0 Å². The van der Waals surface area contributed by atoms with Gasteiger partial charge in [0.15, 0.2) is 5.78 Å². The molecule has 5 heteroatoms. The molecule has 0 unspecified atom stereocenters. The number of Topliss-reactive ketones (excluding diaryl/α,β-unsaturated/α-hetero) is 1. The largest absolute Gasteiger partial charge is 0.457 e. The van der Waals surface area contributed by atoms with Gasteiger partial charge in [-0.3, -0.25) is 4.79 Å². The summed E-state index contributed by atoms with van der Waals surface area (Å²) in [6.45, 7) is 4.04. The molecule has 1 fully saturated rings. The molecule has 4 rings (SSSR count). The van der Waals surface area contributed by atoms with Crippen LogP contribution in [0.2, 0.25) is 0 Å². The first-order valence-electron chi connectivity index (χ1n) is 10.9. The molecule has 160 valence electrons. The number of para-hydroxylation sites is 1. The van der Waals surface area contributed by atoms with Gasteiger partial charge in [0.25, 0.3) is 0 Å². The van der Waals surface area contributed by atoms with Crippen LogP contribution in [-0.2, 0) is 6.42 Å². The summed E-state index contributed by atoms with van der Waals surface area (Å²) < 4.78 is 5.90. The van der Waals surface area contributed by atoms with E-state index in [1.54, 1.807) is 6.20 Å². The lowest BCUT2D eigenvalue weighted by molar-refractivity contribution is 0.0980. The number of carbonyl (C=O) groups is 1. The molecule has 0 N–H and O–H groups in total. The SMILES string of the molecule is CN1CCN(c2ccc(C(=O)CCCc3cccc(Oc4ccccc4)c3)cn2)CC1. The van der Waals surface area contributed by atoms with Gasteiger partial charge < -0.3 is 14.5 Å². The molecular weight excluding hydrogens is 386 g/mol. The van der Waals surface area contributed by atoms with Gasteiger partial charge in [-0.25, -0.2) is 4.98 Å². The molecule has 0 aliphatic carbocycles. The smallest absolute Gasteiger partial charge is 0.164 e. The maximum Gasteiger partial charge on any atom is 0.164 e. The van der Waals surface area contributed by atoms with E-state index in [1.807, 2.05) is 60.7 Å². The van der Waals surface area contributed by atoms with E-state index < -0.39 is 0 Å². The molecule has 31 heavy (non-hydrogen) atoms. The zero-order chi connectivity index (χ0) is 21.5. The Hall–Kier alpha value is -3.18. The number of benzene rings is 2. The predicted octanol–water partition coefficient (Wildman–Crippen LogP) is 4.83. The van der Waals surface area contributed by atoms with Gasteiger partial charge in [0.05, 0.1) is 0 Å². The monoisotopic (exact) mass is 415 g/mol. The number of piperazine rings is 1. The van der Waals surface area contributed by atoms with Crippen molar-refractivity contribution in [1.82, 2.24) is 9.88 Å². The van der Waals surface area contributed by atoms with Crippen LogP contribution in [0.1, 0.15) is 28.8 Å². The lowest BCUT2D eigenvalue weighted by Crippen LogP contribution is -2.44. The molecule has 1 aliphatic heterocycles. The topological polar surface area (TPSA) is 45.7 Å². The zero-order valence-corrected chi connectivity index (χ0v) is 18.0. The van der Waals surface area contributed by atoms with Crippen LogP contribution in [0.25, 0.3) is 0 Å². The molecule has 2 heterocycles. The van der Waals surface area contributed by atoms with E-state index in [2.05, 4.69) is 27.9 Å². The molecule has 0 amide bonds. The van der Waals surface area contributed by atoms with E-state index in [0.717, 1.165) is 56.3 Å². The van der Waals surface area contributed by atoms with Gasteiger partial charge in [0.2, 0.25) is 0 Å². The summed E-state index contributed by atoms with van der Waals surface area (Å²) >= 11 is 0. The van der Waals surface area contributed by atoms with Crippen molar-refractivity contribution in [3.05, 3.63) is 84.1 Å². The average molecular weight is 416 g/mol. The summed E-state index contributed by atoms with van der Waals surface area (Å²) in [4.78, 5) is 21.7. The van der Waals surface area contributed by atoms with Crippen molar-refractivity contribution >= 4 is 11.6 Å². The number of pyridine rings is 1. The van der Waals surface area contributed by atoms with Crippen molar-refractivity contribution in [1.29, 1.82) is 0 Å². The maximum atomic E-state index is 12.6. The predicted molar refractivity (Wildman–Crippen MR) is 124 cm³/mol. The van der Waals surface area contributed by atoms with Gasteiger partial charge in [0, 0.05) is 44.4 Å². The summed E-state index contributed by atoms with van der Waals surface area (Å²) in [5.74, 6) is 2.75. The van der Waals surface area contributed by atoms with E-state index >= 15 is 0 Å². The first-order valence-corrected chi connectivity index (χ1v) is 10.9. The van der Waals surface area contributed by atoms with E-state index in [9.17, 15) is 4.79 Å². The van der Waals surface area contributed by atoms with Crippen LogP contribution in [0.15, 0.2) is 72.9 Å². The quantitative estimate of drug-likeness (QED) is 0.493. The lowest BCUT2D eigenvalue weighted by Gasteiger charge is -2.33. The minimum atomic E-state index is 0.147. The molecule has 3 aromatic rings. The Labute approximate surface area is 184 Å². The summed E-state index contributed by atoms with van der Waals surface area (Å²) in [5, 5.41) is 0. The summed E-state index contributed by atoms with van der Waals surface area (Å²) in [6, 6.07) is 21.7. The van der Waals surface area contributed by atoms with Crippen molar-refractivity contribution in [2.45, 2.75) is 19.3 Å². The van der Waals surface area contributed by atoms with Gasteiger partial charge in [-0.05, 0) is 61.9 Å². The number of aromatic nitrogens is 1. The summed E-state index contributed by atoms with van der Waals surface area (Å²) in [6.07, 6.45) is 3.88. The van der Waals surface area contributed by atoms with Crippen molar-refractivity contribution in [2.24, 2.45) is 0 Å². The third kappa shape index (κ3) is 5.92. The molecule has 0 saturated carbocycles. The van der Waals surface area contributed by atoms with Crippen LogP contribution in [-0.4, -0.2) is 48.9 Å². The molecule has 0 spiro atoms. The molecule has 2 aromatic carbocycles. The van der Waals surface area contributed by atoms with E-state index in [4.69, 9.17) is 4.74 Å². The summed E-state index contributed by atoms with van der Waals surface area (Å²) in [5.41, 5.74) is 1.86. The van der Waals surface area contributed by atoms with Gasteiger partial charge >= 0.3 is 0 Å². The highest BCUT2D eigenvalue weighted by molar-refractivity contribution is 5.95. The number of rotatable bonds is 8. The number of ketones is 1. The van der Waals surface area contributed by atoms with Crippen LogP contribution >= 0.6 is 0 Å². The zero-order valence-electron chi connectivity index (χ0n) is 18.0. The van der Waals surface area contributed by atoms with Crippen molar-refractivity contribution in [3.8, 4) is 11.5 Å². The first kappa shape index (κ1) is 21.1. The molecule has 1 aliphatic rings. The van der Waals surface area contributed by atoms with E-state index in [0.29, 0.717) is 12.0 Å². The van der Waals surface area contributed by atoms with E-state index in [1.165, 1.54) is 5.56 Å². The number of ether oxygens (including phenoxy) is 1. The second-order valence-corrected chi connectivity index (χ2v) is 8.03. The Morgan fingerprint density at radius 2 is 1.71 bits per heavy atom. The maximum absolute atomic E-state index is 12.6. The minimum Gasteiger partial charge on any atom is -0.457 e. The normalized spacial score (nSPS) is 14.4. The summed E-state index contributed by atoms with van der Waals surface area (Å²) in [7, 11) is 2.14. The Bertz CT molecular complexity index is 981. The Morgan fingerprint density at radius 1 is 0.935 bits per heavy atom. The van der Waals surface area contributed by atoms with Gasteiger partial charge in [-0.2, -0.15) is 0 Å². The first-order chi connectivity index (χ1) is 15.2. The number of nitrogens with zero attached hydrogens (tertiary/aromatic N) is 3. The molecule has 5 nitrogen and oxygen atoms in total. The highest BCUT2D eigenvalue weighted by Crippen LogP contribution is 2.23. The van der Waals surface area contributed by atoms with Crippen LogP contribution < -0.4 is 9.64 Å². The van der Waals surface area contributed by atoms with Crippen LogP contribution in [0, 0.1) is 0 Å². The number of anilines is 1. The molecule has 1 aromatic heterocycles. The fraction of sp³-hybridized carbons (Fsp3) is 0.308. The second kappa shape index (κ2) is 10.2. The molecule has 1 saturated heterocycles. The van der Waals surface area contributed by atoms with Crippen LogP contribution in [0.3, 0.4) is 0 Å². The lowest BCUT2D eigenvalue weighted by atomic mass is 10.0. The van der Waals surface area contributed by atoms with Crippen LogP contribution in [0.4, 0.5) is 5.82 Å². The van der Waals surface area contributed by atoms with Gasteiger partial charge in [-0.15, -0.1) is 0 Å². The Balaban J connectivity index is 1.27. The fourth-order valence-corrected chi connectivity index (χ4v) is 3.76.